The summed E-state index contributed by atoms with van der Waals surface area (Å²) in [5.41, 5.74) is -1.76. The summed E-state index contributed by atoms with van der Waals surface area (Å²) in [6, 6.07) is 4.22. The molecular weight excluding hydrogens is 297 g/mol. The zero-order chi connectivity index (χ0) is 15.8. The SMILES string of the molecule is Cn1nc(C(F)(F)F)c(F)c1NC(=O)c1ccc(F)cc1. The number of carbonyl (C=O) groups is 1. The molecule has 0 spiro atoms. The van der Waals surface area contributed by atoms with E-state index in [2.05, 4.69) is 5.10 Å². The average molecular weight is 305 g/mol. The third kappa shape index (κ3) is 3.01. The molecule has 1 aromatic carbocycles. The van der Waals surface area contributed by atoms with Crippen LogP contribution in [0.15, 0.2) is 24.3 Å². The van der Waals surface area contributed by atoms with Crippen LogP contribution in [0.1, 0.15) is 16.1 Å². The highest BCUT2D eigenvalue weighted by Crippen LogP contribution is 2.33. The van der Waals surface area contributed by atoms with Gasteiger partial charge in [-0.2, -0.15) is 18.3 Å². The van der Waals surface area contributed by atoms with Gasteiger partial charge in [0.05, 0.1) is 0 Å². The molecular formula is C12H8F5N3O. The van der Waals surface area contributed by atoms with E-state index in [1.165, 1.54) is 0 Å². The van der Waals surface area contributed by atoms with Crippen LogP contribution in [0.4, 0.5) is 27.8 Å². The Balaban J connectivity index is 2.30. The normalized spacial score (nSPS) is 11.5. The van der Waals surface area contributed by atoms with E-state index in [1.54, 1.807) is 0 Å². The van der Waals surface area contributed by atoms with Gasteiger partial charge >= 0.3 is 6.18 Å². The fraction of sp³-hybridized carbons (Fsp3) is 0.167. The van der Waals surface area contributed by atoms with E-state index in [0.717, 1.165) is 31.3 Å². The average Bonchev–Trinajstić information content (AvgIpc) is 2.67. The summed E-state index contributed by atoms with van der Waals surface area (Å²) >= 11 is 0. The molecule has 112 valence electrons. The Morgan fingerprint density at radius 2 is 1.76 bits per heavy atom. The highest BCUT2D eigenvalue weighted by Gasteiger charge is 2.40. The van der Waals surface area contributed by atoms with Crippen molar-refractivity contribution in [1.29, 1.82) is 0 Å². The molecule has 0 aliphatic carbocycles. The number of carbonyl (C=O) groups excluding carboxylic acids is 1. The quantitative estimate of drug-likeness (QED) is 0.867. The minimum Gasteiger partial charge on any atom is -0.304 e. The van der Waals surface area contributed by atoms with Crippen molar-refractivity contribution < 1.29 is 26.7 Å². The predicted octanol–water partition coefficient (Wildman–Crippen LogP) is 2.97. The van der Waals surface area contributed by atoms with Gasteiger partial charge in [0.2, 0.25) is 5.69 Å². The number of hydrogen-bond donors (Lipinski definition) is 1. The van der Waals surface area contributed by atoms with Gasteiger partial charge in [0, 0.05) is 12.6 Å². The number of halogens is 5. The van der Waals surface area contributed by atoms with E-state index in [0.29, 0.717) is 4.68 Å². The van der Waals surface area contributed by atoms with Crippen LogP contribution in [-0.4, -0.2) is 15.7 Å². The van der Waals surface area contributed by atoms with Crippen molar-refractivity contribution in [2.24, 2.45) is 7.05 Å². The highest BCUT2D eigenvalue weighted by molar-refractivity contribution is 6.03. The second kappa shape index (κ2) is 5.15. The van der Waals surface area contributed by atoms with Crippen LogP contribution in [0.5, 0.6) is 0 Å². The molecule has 0 fully saturated rings. The highest BCUT2D eigenvalue weighted by atomic mass is 19.4. The second-order valence-corrected chi connectivity index (χ2v) is 4.09. The summed E-state index contributed by atoms with van der Waals surface area (Å²) < 4.78 is 64.4. The van der Waals surface area contributed by atoms with Crippen molar-refractivity contribution in [2.45, 2.75) is 6.18 Å². The van der Waals surface area contributed by atoms with Crippen LogP contribution >= 0.6 is 0 Å². The third-order valence-electron chi connectivity index (χ3n) is 2.60. The van der Waals surface area contributed by atoms with E-state index >= 15 is 0 Å². The summed E-state index contributed by atoms with van der Waals surface area (Å²) in [5, 5.41) is 4.96. The maximum absolute atomic E-state index is 13.7. The largest absolute Gasteiger partial charge is 0.438 e. The van der Waals surface area contributed by atoms with Crippen LogP contribution in [0.3, 0.4) is 0 Å². The van der Waals surface area contributed by atoms with Gasteiger partial charge in [-0.1, -0.05) is 0 Å². The van der Waals surface area contributed by atoms with Crippen molar-refractivity contribution in [3.8, 4) is 0 Å². The van der Waals surface area contributed by atoms with Crippen molar-refractivity contribution in [3.05, 3.63) is 47.2 Å². The molecule has 2 aromatic rings. The first kappa shape index (κ1) is 14.9. The fourth-order valence-corrected chi connectivity index (χ4v) is 1.60. The van der Waals surface area contributed by atoms with Gasteiger partial charge in [0.1, 0.15) is 5.82 Å². The molecule has 1 amide bonds. The summed E-state index contributed by atoms with van der Waals surface area (Å²) in [6.45, 7) is 0. The number of benzene rings is 1. The van der Waals surface area contributed by atoms with E-state index < -0.39 is 35.2 Å². The maximum Gasteiger partial charge on any atom is 0.438 e. The molecule has 9 heteroatoms. The van der Waals surface area contributed by atoms with Gasteiger partial charge in [0.25, 0.3) is 5.91 Å². The van der Waals surface area contributed by atoms with Gasteiger partial charge in [-0.3, -0.25) is 4.79 Å². The molecule has 4 nitrogen and oxygen atoms in total. The molecule has 1 aromatic heterocycles. The molecule has 0 saturated heterocycles. The lowest BCUT2D eigenvalue weighted by molar-refractivity contribution is -0.143. The number of amides is 1. The Kier molecular flexibility index (Phi) is 3.67. The first-order valence-electron chi connectivity index (χ1n) is 5.56. The Morgan fingerprint density at radius 3 is 2.24 bits per heavy atom. The second-order valence-electron chi connectivity index (χ2n) is 4.09. The molecule has 0 aliphatic rings. The molecule has 2 rings (SSSR count). The molecule has 1 N–H and O–H groups in total. The minimum absolute atomic E-state index is 0.0365. The standard InChI is InChI=1S/C12H8F5N3O/c1-20-10(8(14)9(19-20)12(15,16)17)18-11(21)6-2-4-7(13)5-3-6/h2-5H,1H3,(H,18,21). The van der Waals surface area contributed by atoms with Crippen LogP contribution in [0, 0.1) is 11.6 Å². The summed E-state index contributed by atoms with van der Waals surface area (Å²) in [7, 11) is 1.05. The van der Waals surface area contributed by atoms with E-state index in [4.69, 9.17) is 0 Å². The van der Waals surface area contributed by atoms with Gasteiger partial charge < -0.3 is 5.32 Å². The zero-order valence-corrected chi connectivity index (χ0v) is 10.5. The number of nitrogens with one attached hydrogen (secondary N) is 1. The number of nitrogens with zero attached hydrogens (tertiary/aromatic N) is 2. The number of hydrogen-bond acceptors (Lipinski definition) is 2. The number of anilines is 1. The lowest BCUT2D eigenvalue weighted by Crippen LogP contribution is -2.15. The molecule has 0 saturated carbocycles. The molecule has 0 aliphatic heterocycles. The van der Waals surface area contributed by atoms with E-state index in [1.807, 2.05) is 5.32 Å². The molecule has 1 heterocycles. The maximum atomic E-state index is 13.7. The monoisotopic (exact) mass is 305 g/mol. The molecule has 0 bridgehead atoms. The van der Waals surface area contributed by atoms with E-state index in [9.17, 15) is 26.7 Å². The first-order valence-corrected chi connectivity index (χ1v) is 5.56. The number of rotatable bonds is 2. The first-order chi connectivity index (χ1) is 9.70. The number of aromatic nitrogens is 2. The van der Waals surface area contributed by atoms with Crippen molar-refractivity contribution >= 4 is 11.7 Å². The van der Waals surface area contributed by atoms with Gasteiger partial charge in [0.15, 0.2) is 11.6 Å². The third-order valence-corrected chi connectivity index (χ3v) is 2.60. The van der Waals surface area contributed by atoms with Crippen molar-refractivity contribution in [1.82, 2.24) is 9.78 Å². The molecule has 0 unspecified atom stereocenters. The lowest BCUT2D eigenvalue weighted by atomic mass is 10.2. The summed E-state index contributed by atoms with van der Waals surface area (Å²) in [4.78, 5) is 11.8. The predicted molar refractivity (Wildman–Crippen MR) is 62.5 cm³/mol. The Bertz CT molecular complexity index is 675. The van der Waals surface area contributed by atoms with Crippen LogP contribution < -0.4 is 5.32 Å². The minimum atomic E-state index is -4.97. The van der Waals surface area contributed by atoms with Gasteiger partial charge in [-0.25, -0.2) is 13.5 Å². The van der Waals surface area contributed by atoms with Crippen molar-refractivity contribution in [2.75, 3.05) is 5.32 Å². The molecule has 0 atom stereocenters. The van der Waals surface area contributed by atoms with Crippen LogP contribution in [0.2, 0.25) is 0 Å². The lowest BCUT2D eigenvalue weighted by Gasteiger charge is -2.05. The van der Waals surface area contributed by atoms with Crippen molar-refractivity contribution in [3.63, 3.8) is 0 Å². The molecule has 21 heavy (non-hydrogen) atoms. The smallest absolute Gasteiger partial charge is 0.304 e. The Labute approximate surface area is 115 Å². The molecule has 0 radical (unpaired) electrons. The fourth-order valence-electron chi connectivity index (χ4n) is 1.60. The van der Waals surface area contributed by atoms with Gasteiger partial charge in [-0.15, -0.1) is 0 Å². The number of alkyl halides is 3. The Morgan fingerprint density at radius 1 is 1.19 bits per heavy atom. The van der Waals surface area contributed by atoms with E-state index in [-0.39, 0.29) is 5.56 Å². The topological polar surface area (TPSA) is 46.9 Å². The summed E-state index contributed by atoms with van der Waals surface area (Å²) in [6.07, 6.45) is -4.97. The van der Waals surface area contributed by atoms with Crippen LogP contribution in [-0.2, 0) is 13.2 Å². The Hall–Kier alpha value is -2.45. The number of aryl methyl sites for hydroxylation is 1. The van der Waals surface area contributed by atoms with Gasteiger partial charge in [-0.05, 0) is 24.3 Å². The van der Waals surface area contributed by atoms with Crippen LogP contribution in [0.25, 0.3) is 0 Å². The zero-order valence-electron chi connectivity index (χ0n) is 10.5. The summed E-state index contributed by atoms with van der Waals surface area (Å²) in [5.74, 6) is -3.87.